The predicted molar refractivity (Wildman–Crippen MR) is 77.2 cm³/mol. The van der Waals surface area contributed by atoms with Crippen molar-refractivity contribution in [3.8, 4) is 5.75 Å². The molecule has 0 saturated carbocycles. The molecule has 1 aromatic carbocycles. The third-order valence-electron chi connectivity index (χ3n) is 2.97. The molecule has 1 heterocycles. The molecule has 0 amide bonds. The first-order valence-corrected chi connectivity index (χ1v) is 7.81. The lowest BCUT2D eigenvalue weighted by atomic mass is 10.1. The van der Waals surface area contributed by atoms with Crippen molar-refractivity contribution in [2.75, 3.05) is 7.11 Å². The van der Waals surface area contributed by atoms with E-state index in [2.05, 4.69) is 4.72 Å². The number of ether oxygens (including phenoxy) is 1. The Labute approximate surface area is 127 Å². The van der Waals surface area contributed by atoms with Gasteiger partial charge in [-0.1, -0.05) is 12.1 Å². The highest BCUT2D eigenvalue weighted by molar-refractivity contribution is 7.89. The van der Waals surface area contributed by atoms with Gasteiger partial charge in [0.2, 0.25) is 10.0 Å². The summed E-state index contributed by atoms with van der Waals surface area (Å²) in [7, 11) is -2.46. The van der Waals surface area contributed by atoms with E-state index in [4.69, 9.17) is 9.15 Å². The SMILES string of the molecule is COc1cccc(CC(NS(=O)(=O)c2ccoc2)C(=O)O)c1. The summed E-state index contributed by atoms with van der Waals surface area (Å²) in [6.07, 6.45) is 2.23. The van der Waals surface area contributed by atoms with E-state index < -0.39 is 22.0 Å². The van der Waals surface area contributed by atoms with E-state index in [0.29, 0.717) is 11.3 Å². The van der Waals surface area contributed by atoms with E-state index in [1.54, 1.807) is 24.3 Å². The zero-order valence-electron chi connectivity index (χ0n) is 11.7. The molecule has 118 valence electrons. The number of furan rings is 1. The highest BCUT2D eigenvalue weighted by atomic mass is 32.2. The van der Waals surface area contributed by atoms with Crippen LogP contribution < -0.4 is 9.46 Å². The fourth-order valence-electron chi connectivity index (χ4n) is 1.87. The number of carboxylic acids is 1. The van der Waals surface area contributed by atoms with Crippen LogP contribution in [0.3, 0.4) is 0 Å². The quantitative estimate of drug-likeness (QED) is 0.794. The summed E-state index contributed by atoms with van der Waals surface area (Å²) in [5.41, 5.74) is 0.640. The van der Waals surface area contributed by atoms with Gasteiger partial charge in [-0.2, -0.15) is 4.72 Å². The average Bonchev–Trinajstić information content (AvgIpc) is 3.01. The summed E-state index contributed by atoms with van der Waals surface area (Å²) in [6.45, 7) is 0. The number of hydrogen-bond acceptors (Lipinski definition) is 5. The minimum absolute atomic E-state index is 0.0103. The van der Waals surface area contributed by atoms with Crippen molar-refractivity contribution in [3.63, 3.8) is 0 Å². The van der Waals surface area contributed by atoms with Gasteiger partial charge >= 0.3 is 5.97 Å². The molecule has 8 heteroatoms. The van der Waals surface area contributed by atoms with Gasteiger partial charge in [0.15, 0.2) is 0 Å². The number of carboxylic acid groups (broad SMARTS) is 1. The van der Waals surface area contributed by atoms with Gasteiger partial charge in [0.1, 0.15) is 22.9 Å². The standard InChI is InChI=1S/C14H15NO6S/c1-20-11-4-2-3-10(7-11)8-13(14(16)17)15-22(18,19)12-5-6-21-9-12/h2-7,9,13,15H,8H2,1H3,(H,16,17). The molecule has 0 saturated heterocycles. The number of hydrogen-bond donors (Lipinski definition) is 2. The lowest BCUT2D eigenvalue weighted by Crippen LogP contribution is -2.42. The van der Waals surface area contributed by atoms with Crippen molar-refractivity contribution in [1.82, 2.24) is 4.72 Å². The van der Waals surface area contributed by atoms with E-state index in [0.717, 1.165) is 6.26 Å². The van der Waals surface area contributed by atoms with E-state index in [-0.39, 0.29) is 11.3 Å². The maximum Gasteiger partial charge on any atom is 0.322 e. The van der Waals surface area contributed by atoms with Gasteiger partial charge in [-0.05, 0) is 30.2 Å². The number of sulfonamides is 1. The Morgan fingerprint density at radius 2 is 2.18 bits per heavy atom. The number of methoxy groups -OCH3 is 1. The van der Waals surface area contributed by atoms with Gasteiger partial charge < -0.3 is 14.3 Å². The molecule has 1 unspecified atom stereocenters. The molecule has 22 heavy (non-hydrogen) atoms. The Morgan fingerprint density at radius 3 is 2.77 bits per heavy atom. The molecular weight excluding hydrogens is 310 g/mol. The summed E-state index contributed by atoms with van der Waals surface area (Å²) < 4.78 is 36.0. The van der Waals surface area contributed by atoms with E-state index >= 15 is 0 Å². The van der Waals surface area contributed by atoms with Gasteiger partial charge in [-0.25, -0.2) is 8.42 Å². The van der Waals surface area contributed by atoms with Crippen LogP contribution in [-0.2, 0) is 21.2 Å². The average molecular weight is 325 g/mol. The van der Waals surface area contributed by atoms with E-state index in [1.807, 2.05) is 0 Å². The second kappa shape index (κ2) is 6.63. The normalized spacial score (nSPS) is 12.8. The first-order valence-electron chi connectivity index (χ1n) is 6.32. The lowest BCUT2D eigenvalue weighted by molar-refractivity contribution is -0.138. The zero-order chi connectivity index (χ0) is 16.2. The number of carbonyl (C=O) groups is 1. The third kappa shape index (κ3) is 3.86. The van der Waals surface area contributed by atoms with Crippen molar-refractivity contribution in [1.29, 1.82) is 0 Å². The second-order valence-corrected chi connectivity index (χ2v) is 6.24. The third-order valence-corrected chi connectivity index (χ3v) is 4.42. The van der Waals surface area contributed by atoms with Crippen molar-refractivity contribution >= 4 is 16.0 Å². The molecule has 0 aliphatic rings. The highest BCUT2D eigenvalue weighted by Crippen LogP contribution is 2.16. The predicted octanol–water partition coefficient (Wildman–Crippen LogP) is 1.26. The van der Waals surface area contributed by atoms with Crippen LogP contribution in [0.25, 0.3) is 0 Å². The number of aliphatic carboxylic acids is 1. The van der Waals surface area contributed by atoms with Crippen LogP contribution in [-0.4, -0.2) is 32.6 Å². The Hall–Kier alpha value is -2.32. The molecular formula is C14H15NO6S. The zero-order valence-corrected chi connectivity index (χ0v) is 12.5. The fourth-order valence-corrected chi connectivity index (χ4v) is 2.99. The summed E-state index contributed by atoms with van der Waals surface area (Å²) in [5, 5.41) is 9.24. The molecule has 0 radical (unpaired) electrons. The van der Waals surface area contributed by atoms with Crippen LogP contribution >= 0.6 is 0 Å². The van der Waals surface area contributed by atoms with Crippen LogP contribution in [0.15, 0.2) is 52.2 Å². The summed E-state index contributed by atoms with van der Waals surface area (Å²) in [6, 6.07) is 6.72. The fraction of sp³-hybridized carbons (Fsp3) is 0.214. The van der Waals surface area contributed by atoms with Crippen LogP contribution in [0, 0.1) is 0 Å². The monoisotopic (exact) mass is 325 g/mol. The molecule has 0 spiro atoms. The molecule has 2 aromatic rings. The first-order chi connectivity index (χ1) is 10.4. The first kappa shape index (κ1) is 16.1. The Morgan fingerprint density at radius 1 is 1.41 bits per heavy atom. The minimum Gasteiger partial charge on any atom is -0.497 e. The van der Waals surface area contributed by atoms with Crippen LogP contribution in [0.5, 0.6) is 5.75 Å². The topological polar surface area (TPSA) is 106 Å². The van der Waals surface area contributed by atoms with Crippen molar-refractivity contribution in [2.45, 2.75) is 17.4 Å². The number of rotatable bonds is 7. The lowest BCUT2D eigenvalue weighted by Gasteiger charge is -2.14. The Bertz CT molecular complexity index is 738. The second-order valence-electron chi connectivity index (χ2n) is 4.53. The molecule has 2 rings (SSSR count). The molecule has 0 aliphatic carbocycles. The van der Waals surface area contributed by atoms with Gasteiger partial charge in [0.25, 0.3) is 0 Å². The highest BCUT2D eigenvalue weighted by Gasteiger charge is 2.26. The van der Waals surface area contributed by atoms with Crippen molar-refractivity contribution in [2.24, 2.45) is 0 Å². The maximum absolute atomic E-state index is 12.1. The largest absolute Gasteiger partial charge is 0.497 e. The number of benzene rings is 1. The minimum atomic E-state index is -3.95. The number of nitrogens with one attached hydrogen (secondary N) is 1. The van der Waals surface area contributed by atoms with Gasteiger partial charge in [-0.15, -0.1) is 0 Å². The summed E-state index contributed by atoms with van der Waals surface area (Å²) in [4.78, 5) is 11.2. The van der Waals surface area contributed by atoms with E-state index in [1.165, 1.54) is 19.4 Å². The molecule has 2 N–H and O–H groups in total. The van der Waals surface area contributed by atoms with E-state index in [9.17, 15) is 18.3 Å². The van der Waals surface area contributed by atoms with Crippen molar-refractivity contribution < 1.29 is 27.5 Å². The van der Waals surface area contributed by atoms with Crippen LogP contribution in [0.4, 0.5) is 0 Å². The summed E-state index contributed by atoms with van der Waals surface area (Å²) >= 11 is 0. The van der Waals surface area contributed by atoms with Gasteiger partial charge in [-0.3, -0.25) is 4.79 Å². The van der Waals surface area contributed by atoms with Gasteiger partial charge in [0, 0.05) is 0 Å². The van der Waals surface area contributed by atoms with Gasteiger partial charge in [0.05, 0.1) is 13.4 Å². The Kier molecular flexibility index (Phi) is 4.84. The smallest absolute Gasteiger partial charge is 0.322 e. The molecule has 7 nitrogen and oxygen atoms in total. The van der Waals surface area contributed by atoms with Crippen LogP contribution in [0.2, 0.25) is 0 Å². The molecule has 0 aliphatic heterocycles. The molecule has 0 fully saturated rings. The maximum atomic E-state index is 12.1. The van der Waals surface area contributed by atoms with Crippen molar-refractivity contribution in [3.05, 3.63) is 48.4 Å². The Balaban J connectivity index is 2.19. The molecule has 1 aromatic heterocycles. The van der Waals surface area contributed by atoms with Crippen LogP contribution in [0.1, 0.15) is 5.56 Å². The summed E-state index contributed by atoms with van der Waals surface area (Å²) in [5.74, 6) is -0.700. The molecule has 0 bridgehead atoms. The molecule has 1 atom stereocenters.